The van der Waals surface area contributed by atoms with Crippen molar-refractivity contribution in [1.29, 1.82) is 0 Å². The molecule has 0 N–H and O–H groups in total. The number of methoxy groups -OCH3 is 1. The van der Waals surface area contributed by atoms with Gasteiger partial charge in [0.25, 0.3) is 0 Å². The molecule has 1 heterocycles. The Morgan fingerprint density at radius 3 is 2.92 bits per heavy atom. The van der Waals surface area contributed by atoms with Gasteiger partial charge >= 0.3 is 0 Å². The molecule has 0 radical (unpaired) electrons. The summed E-state index contributed by atoms with van der Waals surface area (Å²) >= 11 is 0. The molecule has 72 valence electrons. The fourth-order valence-corrected chi connectivity index (χ4v) is 1.53. The van der Waals surface area contributed by atoms with Crippen molar-refractivity contribution in [3.63, 3.8) is 0 Å². The topological polar surface area (TPSA) is 18.5 Å². The Kier molecular flexibility index (Phi) is 3.63. The van der Waals surface area contributed by atoms with Crippen LogP contribution in [0.3, 0.4) is 0 Å². The molecule has 2 rings (SSSR count). The highest BCUT2D eigenvalue weighted by atomic mass is 32.1. The predicted molar refractivity (Wildman–Crippen MR) is 56.8 cm³/mol. The summed E-state index contributed by atoms with van der Waals surface area (Å²) in [6.45, 7) is 0.675. The first-order chi connectivity index (χ1) is 5.90. The van der Waals surface area contributed by atoms with Gasteiger partial charge in [-0.1, -0.05) is 18.2 Å². The lowest BCUT2D eigenvalue weighted by atomic mass is 10.1. The van der Waals surface area contributed by atoms with Crippen molar-refractivity contribution in [1.82, 2.24) is 0 Å². The van der Waals surface area contributed by atoms with Crippen LogP contribution in [0.2, 0.25) is 0 Å². The van der Waals surface area contributed by atoms with Gasteiger partial charge in [-0.25, -0.2) is 0 Å². The molecule has 0 aromatic heterocycles. The third-order valence-electron chi connectivity index (χ3n) is 2.07. The number of para-hydroxylation sites is 1. The highest BCUT2D eigenvalue weighted by Gasteiger charge is 2.21. The summed E-state index contributed by atoms with van der Waals surface area (Å²) in [5.74, 6) is 1.01. The maximum Gasteiger partial charge on any atom is 0.126 e. The molecule has 13 heavy (non-hydrogen) atoms. The molecule has 2 nitrogen and oxygen atoms in total. The Hall–Kier alpha value is -0.670. The Bertz CT molecular complexity index is 250. The third kappa shape index (κ3) is 2.17. The van der Waals surface area contributed by atoms with Crippen molar-refractivity contribution >= 4 is 13.5 Å². The van der Waals surface area contributed by atoms with Crippen molar-refractivity contribution in [3.8, 4) is 5.75 Å². The zero-order chi connectivity index (χ0) is 8.39. The molecule has 3 heteroatoms. The fraction of sp³-hybridized carbons (Fsp3) is 0.400. The first-order valence-corrected chi connectivity index (χ1v) is 4.13. The van der Waals surface area contributed by atoms with E-state index in [9.17, 15) is 0 Å². The summed E-state index contributed by atoms with van der Waals surface area (Å²) in [4.78, 5) is 0. The summed E-state index contributed by atoms with van der Waals surface area (Å²) in [5.41, 5.74) is 1.29. The molecule has 0 spiro atoms. The minimum atomic E-state index is 0. The highest BCUT2D eigenvalue weighted by Crippen LogP contribution is 2.27. The van der Waals surface area contributed by atoms with Crippen LogP contribution in [0.5, 0.6) is 5.75 Å². The largest absolute Gasteiger partial charge is 0.487 e. The van der Waals surface area contributed by atoms with Gasteiger partial charge in [0.2, 0.25) is 0 Å². The van der Waals surface area contributed by atoms with Crippen molar-refractivity contribution in [3.05, 3.63) is 29.8 Å². The summed E-state index contributed by atoms with van der Waals surface area (Å²) in [7, 11) is 1.70. The Balaban J connectivity index is 0.000000845. The van der Waals surface area contributed by atoms with Crippen LogP contribution in [0.25, 0.3) is 0 Å². The molecule has 1 aromatic rings. The standard InChI is InChI=1S/C10H12O2.H2S/c1-11-7-9-6-8-4-2-3-5-10(8)12-9;/h2-5,9H,6-7H2,1H3;1H2/t9-;/m0./s1. The van der Waals surface area contributed by atoms with Gasteiger partial charge in [-0.3, -0.25) is 0 Å². The Labute approximate surface area is 85.3 Å². The maximum atomic E-state index is 5.62. The predicted octanol–water partition coefficient (Wildman–Crippen LogP) is 1.75. The number of benzene rings is 1. The van der Waals surface area contributed by atoms with Gasteiger partial charge < -0.3 is 9.47 Å². The molecule has 1 aromatic carbocycles. The smallest absolute Gasteiger partial charge is 0.126 e. The van der Waals surface area contributed by atoms with Gasteiger partial charge in [0.1, 0.15) is 11.9 Å². The Morgan fingerprint density at radius 2 is 2.23 bits per heavy atom. The SMILES string of the molecule is COC[C@@H]1Cc2ccccc2O1.S. The fourth-order valence-electron chi connectivity index (χ4n) is 1.53. The molecule has 0 saturated heterocycles. The van der Waals surface area contributed by atoms with Crippen LogP contribution in [0, 0.1) is 0 Å². The van der Waals surface area contributed by atoms with Crippen molar-refractivity contribution < 1.29 is 9.47 Å². The van der Waals surface area contributed by atoms with Gasteiger partial charge in [0.15, 0.2) is 0 Å². The molecule has 0 bridgehead atoms. The van der Waals surface area contributed by atoms with Gasteiger partial charge in [0.05, 0.1) is 6.61 Å². The van der Waals surface area contributed by atoms with Crippen LogP contribution in [0.15, 0.2) is 24.3 Å². The van der Waals surface area contributed by atoms with E-state index in [0.29, 0.717) is 6.61 Å². The van der Waals surface area contributed by atoms with E-state index in [-0.39, 0.29) is 19.6 Å². The summed E-state index contributed by atoms with van der Waals surface area (Å²) in [6, 6.07) is 8.14. The Morgan fingerprint density at radius 1 is 1.46 bits per heavy atom. The van der Waals surface area contributed by atoms with Crippen LogP contribution in [0.1, 0.15) is 5.56 Å². The monoisotopic (exact) mass is 198 g/mol. The quantitative estimate of drug-likeness (QED) is 0.721. The maximum absolute atomic E-state index is 5.62. The molecule has 0 amide bonds. The van der Waals surface area contributed by atoms with E-state index < -0.39 is 0 Å². The molecule has 0 unspecified atom stereocenters. The summed E-state index contributed by atoms with van der Waals surface area (Å²) in [6.07, 6.45) is 1.19. The second kappa shape index (κ2) is 4.53. The van der Waals surface area contributed by atoms with Gasteiger partial charge in [-0.15, -0.1) is 0 Å². The lowest BCUT2D eigenvalue weighted by molar-refractivity contribution is 0.0951. The second-order valence-corrected chi connectivity index (χ2v) is 3.01. The third-order valence-corrected chi connectivity index (χ3v) is 2.07. The minimum Gasteiger partial charge on any atom is -0.487 e. The van der Waals surface area contributed by atoms with E-state index >= 15 is 0 Å². The van der Waals surface area contributed by atoms with E-state index in [1.807, 2.05) is 18.2 Å². The average Bonchev–Trinajstić information content (AvgIpc) is 2.47. The molecule has 0 saturated carbocycles. The van der Waals surface area contributed by atoms with Crippen LogP contribution >= 0.6 is 13.5 Å². The number of ether oxygens (including phenoxy) is 2. The van der Waals surface area contributed by atoms with Crippen LogP contribution < -0.4 is 4.74 Å². The second-order valence-electron chi connectivity index (χ2n) is 3.01. The van der Waals surface area contributed by atoms with Crippen molar-refractivity contribution in [2.45, 2.75) is 12.5 Å². The van der Waals surface area contributed by atoms with E-state index in [0.717, 1.165) is 12.2 Å². The highest BCUT2D eigenvalue weighted by molar-refractivity contribution is 7.59. The molecule has 0 aliphatic carbocycles. The van der Waals surface area contributed by atoms with Crippen molar-refractivity contribution in [2.24, 2.45) is 0 Å². The molecule has 1 aliphatic heterocycles. The number of fused-ring (bicyclic) bond motifs is 1. The summed E-state index contributed by atoms with van der Waals surface area (Å²) in [5, 5.41) is 0. The molecule has 0 fully saturated rings. The van der Waals surface area contributed by atoms with E-state index in [4.69, 9.17) is 9.47 Å². The zero-order valence-electron chi connectivity index (χ0n) is 7.62. The lowest BCUT2D eigenvalue weighted by Crippen LogP contribution is -2.19. The van der Waals surface area contributed by atoms with Gasteiger partial charge in [-0.2, -0.15) is 13.5 Å². The van der Waals surface area contributed by atoms with Crippen LogP contribution in [-0.2, 0) is 11.2 Å². The van der Waals surface area contributed by atoms with Crippen LogP contribution in [-0.4, -0.2) is 19.8 Å². The van der Waals surface area contributed by atoms with Crippen molar-refractivity contribution in [2.75, 3.05) is 13.7 Å². The zero-order valence-corrected chi connectivity index (χ0v) is 8.62. The average molecular weight is 198 g/mol. The van der Waals surface area contributed by atoms with E-state index in [2.05, 4.69) is 6.07 Å². The van der Waals surface area contributed by atoms with Crippen LogP contribution in [0.4, 0.5) is 0 Å². The lowest BCUT2D eigenvalue weighted by Gasteiger charge is -2.07. The van der Waals surface area contributed by atoms with Gasteiger partial charge in [-0.05, 0) is 11.6 Å². The molecule has 1 aliphatic rings. The minimum absolute atomic E-state index is 0. The van der Waals surface area contributed by atoms with Gasteiger partial charge in [0, 0.05) is 13.5 Å². The van der Waals surface area contributed by atoms with E-state index in [1.165, 1.54) is 5.56 Å². The molecular weight excluding hydrogens is 184 g/mol. The number of hydrogen-bond acceptors (Lipinski definition) is 2. The number of rotatable bonds is 2. The molecule has 1 atom stereocenters. The first-order valence-electron chi connectivity index (χ1n) is 4.13. The molecular formula is C10H14O2S. The normalized spacial score (nSPS) is 18.7. The number of hydrogen-bond donors (Lipinski definition) is 0. The summed E-state index contributed by atoms with van der Waals surface area (Å²) < 4.78 is 10.7. The first kappa shape index (κ1) is 10.4. The van der Waals surface area contributed by atoms with E-state index in [1.54, 1.807) is 7.11 Å².